The number of nitrogens with one attached hydrogen (secondary N) is 2. The molecule has 1 amide bonds. The van der Waals surface area contributed by atoms with E-state index >= 15 is 0 Å². The third kappa shape index (κ3) is 5.33. The number of aliphatic hydroxyl groups excluding tert-OH is 1. The standard InChI is InChI=1S/C14H19N5O2/c20-7-6-19-11-13(17-18-19)9-15-10-14(21)16-8-12-4-2-1-3-5-12/h1-5,11,15,20H,6-10H2,(H,16,21). The van der Waals surface area contributed by atoms with E-state index in [2.05, 4.69) is 20.9 Å². The summed E-state index contributed by atoms with van der Waals surface area (Å²) in [4.78, 5) is 11.7. The number of nitrogens with zero attached hydrogens (tertiary/aromatic N) is 3. The lowest BCUT2D eigenvalue weighted by Crippen LogP contribution is -2.33. The molecule has 0 fully saturated rings. The molecule has 3 N–H and O–H groups in total. The van der Waals surface area contributed by atoms with Crippen molar-refractivity contribution in [1.29, 1.82) is 0 Å². The van der Waals surface area contributed by atoms with Crippen LogP contribution < -0.4 is 10.6 Å². The first-order chi connectivity index (χ1) is 10.3. The fourth-order valence-electron chi connectivity index (χ4n) is 1.79. The molecule has 1 aromatic heterocycles. The minimum Gasteiger partial charge on any atom is -0.394 e. The van der Waals surface area contributed by atoms with Crippen molar-refractivity contribution in [2.24, 2.45) is 0 Å². The Morgan fingerprint density at radius 3 is 2.81 bits per heavy atom. The van der Waals surface area contributed by atoms with Gasteiger partial charge in [-0.15, -0.1) is 5.10 Å². The van der Waals surface area contributed by atoms with Crippen LogP contribution in [0.25, 0.3) is 0 Å². The van der Waals surface area contributed by atoms with E-state index < -0.39 is 0 Å². The van der Waals surface area contributed by atoms with Crippen molar-refractivity contribution in [3.8, 4) is 0 Å². The van der Waals surface area contributed by atoms with Gasteiger partial charge in [0.2, 0.25) is 5.91 Å². The highest BCUT2D eigenvalue weighted by Gasteiger charge is 2.03. The molecule has 0 bridgehead atoms. The van der Waals surface area contributed by atoms with Crippen molar-refractivity contribution < 1.29 is 9.90 Å². The van der Waals surface area contributed by atoms with Gasteiger partial charge >= 0.3 is 0 Å². The number of aliphatic hydroxyl groups is 1. The van der Waals surface area contributed by atoms with E-state index in [9.17, 15) is 4.79 Å². The Morgan fingerprint density at radius 1 is 1.24 bits per heavy atom. The lowest BCUT2D eigenvalue weighted by molar-refractivity contribution is -0.120. The maximum Gasteiger partial charge on any atom is 0.234 e. The fraction of sp³-hybridized carbons (Fsp3) is 0.357. The second-order valence-electron chi connectivity index (χ2n) is 4.56. The highest BCUT2D eigenvalue weighted by Crippen LogP contribution is 1.97. The topological polar surface area (TPSA) is 92.1 Å². The van der Waals surface area contributed by atoms with Crippen molar-refractivity contribution >= 4 is 5.91 Å². The van der Waals surface area contributed by atoms with Crippen molar-refractivity contribution in [2.75, 3.05) is 13.2 Å². The monoisotopic (exact) mass is 289 g/mol. The summed E-state index contributed by atoms with van der Waals surface area (Å²) >= 11 is 0. The first-order valence-corrected chi connectivity index (χ1v) is 6.79. The van der Waals surface area contributed by atoms with Gasteiger partial charge in [-0.05, 0) is 5.56 Å². The zero-order valence-electron chi connectivity index (χ0n) is 11.7. The van der Waals surface area contributed by atoms with E-state index in [1.165, 1.54) is 0 Å². The van der Waals surface area contributed by atoms with Gasteiger partial charge in [-0.25, -0.2) is 4.68 Å². The van der Waals surface area contributed by atoms with E-state index in [1.54, 1.807) is 10.9 Å². The molecule has 0 aliphatic carbocycles. The Balaban J connectivity index is 1.64. The quantitative estimate of drug-likeness (QED) is 0.619. The maximum atomic E-state index is 11.7. The van der Waals surface area contributed by atoms with Gasteiger partial charge < -0.3 is 15.7 Å². The first-order valence-electron chi connectivity index (χ1n) is 6.79. The fourth-order valence-corrected chi connectivity index (χ4v) is 1.79. The van der Waals surface area contributed by atoms with Crippen LogP contribution in [0, 0.1) is 0 Å². The van der Waals surface area contributed by atoms with Crippen LogP contribution in [0.5, 0.6) is 0 Å². The van der Waals surface area contributed by atoms with Gasteiger partial charge in [0.15, 0.2) is 0 Å². The molecule has 0 unspecified atom stereocenters. The molecule has 0 aliphatic heterocycles. The third-order valence-electron chi connectivity index (χ3n) is 2.84. The molecule has 0 saturated heterocycles. The molecule has 0 atom stereocenters. The van der Waals surface area contributed by atoms with Crippen LogP contribution in [0.4, 0.5) is 0 Å². The SMILES string of the molecule is O=C(CNCc1cn(CCO)nn1)NCc1ccccc1. The Morgan fingerprint density at radius 2 is 2.05 bits per heavy atom. The Bertz CT molecular complexity index is 556. The number of amides is 1. The summed E-state index contributed by atoms with van der Waals surface area (Å²) < 4.78 is 1.56. The molecule has 7 nitrogen and oxygen atoms in total. The van der Waals surface area contributed by atoms with Gasteiger partial charge in [-0.1, -0.05) is 35.5 Å². The largest absolute Gasteiger partial charge is 0.394 e. The second-order valence-corrected chi connectivity index (χ2v) is 4.56. The lowest BCUT2D eigenvalue weighted by atomic mass is 10.2. The summed E-state index contributed by atoms with van der Waals surface area (Å²) in [5.74, 6) is -0.0680. The Kier molecular flexibility index (Phi) is 5.86. The predicted octanol–water partition coefficient (Wildman–Crippen LogP) is -0.324. The molecule has 0 saturated carbocycles. The van der Waals surface area contributed by atoms with E-state index in [0.717, 1.165) is 11.3 Å². The number of hydrogen-bond donors (Lipinski definition) is 3. The van der Waals surface area contributed by atoms with Gasteiger partial charge in [0.05, 0.1) is 25.4 Å². The summed E-state index contributed by atoms with van der Waals surface area (Å²) in [7, 11) is 0. The zero-order valence-corrected chi connectivity index (χ0v) is 11.7. The number of carbonyl (C=O) groups excluding carboxylic acids is 1. The average molecular weight is 289 g/mol. The van der Waals surface area contributed by atoms with Crippen LogP contribution in [0.15, 0.2) is 36.5 Å². The van der Waals surface area contributed by atoms with Crippen LogP contribution in [0.1, 0.15) is 11.3 Å². The number of carbonyl (C=O) groups is 1. The number of aromatic nitrogens is 3. The molecule has 0 radical (unpaired) electrons. The van der Waals surface area contributed by atoms with E-state index in [1.807, 2.05) is 30.3 Å². The van der Waals surface area contributed by atoms with Crippen LogP contribution in [-0.4, -0.2) is 39.2 Å². The molecule has 112 valence electrons. The summed E-state index contributed by atoms with van der Waals surface area (Å²) in [6, 6.07) is 9.75. The highest BCUT2D eigenvalue weighted by atomic mass is 16.3. The number of benzene rings is 1. The van der Waals surface area contributed by atoms with Crippen LogP contribution in [-0.2, 0) is 24.4 Å². The molecule has 2 aromatic rings. The van der Waals surface area contributed by atoms with Crippen molar-refractivity contribution in [3.05, 3.63) is 47.8 Å². The van der Waals surface area contributed by atoms with E-state index in [0.29, 0.717) is 19.6 Å². The zero-order chi connectivity index (χ0) is 14.9. The Labute approximate surface area is 123 Å². The van der Waals surface area contributed by atoms with Crippen LogP contribution in [0.3, 0.4) is 0 Å². The summed E-state index contributed by atoms with van der Waals surface area (Å²) in [6.45, 7) is 1.65. The van der Waals surface area contributed by atoms with Gasteiger partial charge in [-0.3, -0.25) is 4.79 Å². The molecule has 1 heterocycles. The summed E-state index contributed by atoms with van der Waals surface area (Å²) in [5.41, 5.74) is 1.80. The second kappa shape index (κ2) is 8.13. The number of hydrogen-bond acceptors (Lipinski definition) is 5. The van der Waals surface area contributed by atoms with Crippen molar-refractivity contribution in [3.63, 3.8) is 0 Å². The van der Waals surface area contributed by atoms with Gasteiger partial charge in [0, 0.05) is 19.3 Å². The van der Waals surface area contributed by atoms with Crippen molar-refractivity contribution in [1.82, 2.24) is 25.6 Å². The minimum atomic E-state index is -0.0680. The van der Waals surface area contributed by atoms with Crippen molar-refractivity contribution in [2.45, 2.75) is 19.6 Å². The van der Waals surface area contributed by atoms with Crippen LogP contribution >= 0.6 is 0 Å². The number of rotatable bonds is 8. The van der Waals surface area contributed by atoms with E-state index in [-0.39, 0.29) is 19.1 Å². The molecular formula is C14H19N5O2. The molecule has 0 spiro atoms. The Hall–Kier alpha value is -2.25. The highest BCUT2D eigenvalue weighted by molar-refractivity contribution is 5.77. The molecule has 1 aromatic carbocycles. The summed E-state index contributed by atoms with van der Waals surface area (Å²) in [6.07, 6.45) is 1.74. The van der Waals surface area contributed by atoms with Crippen LogP contribution in [0.2, 0.25) is 0 Å². The van der Waals surface area contributed by atoms with E-state index in [4.69, 9.17) is 5.11 Å². The predicted molar refractivity (Wildman–Crippen MR) is 77.1 cm³/mol. The normalized spacial score (nSPS) is 10.5. The summed E-state index contributed by atoms with van der Waals surface area (Å²) in [5, 5.41) is 22.4. The van der Waals surface area contributed by atoms with Gasteiger partial charge in [0.1, 0.15) is 0 Å². The molecule has 21 heavy (non-hydrogen) atoms. The first kappa shape index (κ1) is 15.1. The molecule has 7 heteroatoms. The van der Waals surface area contributed by atoms with Gasteiger partial charge in [0.25, 0.3) is 0 Å². The smallest absolute Gasteiger partial charge is 0.234 e. The molecular weight excluding hydrogens is 270 g/mol. The van der Waals surface area contributed by atoms with Gasteiger partial charge in [-0.2, -0.15) is 0 Å². The lowest BCUT2D eigenvalue weighted by Gasteiger charge is -2.05. The molecule has 0 aliphatic rings. The maximum absolute atomic E-state index is 11.7. The average Bonchev–Trinajstić information content (AvgIpc) is 2.94. The molecule has 2 rings (SSSR count). The third-order valence-corrected chi connectivity index (χ3v) is 2.84. The minimum absolute atomic E-state index is 0.0259.